The molecule has 2 heterocycles. The first-order valence-electron chi connectivity index (χ1n) is 8.42. The summed E-state index contributed by atoms with van der Waals surface area (Å²) in [6.07, 6.45) is 6.56. The van der Waals surface area contributed by atoms with Gasteiger partial charge in [0.2, 0.25) is 0 Å². The zero-order valence-electron chi connectivity index (χ0n) is 14.4. The second-order valence-electron chi connectivity index (χ2n) is 6.10. The van der Waals surface area contributed by atoms with Crippen molar-refractivity contribution in [2.45, 2.75) is 6.42 Å². The molecule has 2 aromatic carbocycles. The molecule has 4 rings (SSSR count). The van der Waals surface area contributed by atoms with Crippen molar-refractivity contribution in [3.05, 3.63) is 86.8 Å². The van der Waals surface area contributed by atoms with Crippen LogP contribution in [0, 0.1) is 0 Å². The molecule has 0 aliphatic carbocycles. The SMILES string of the molecule is COc1ccc(CC=c2[nH][nH]c(=O)c2=Cc2c[nH]c3ccccc23)cc1. The first kappa shape index (κ1) is 16.0. The van der Waals surface area contributed by atoms with E-state index in [1.54, 1.807) is 7.11 Å². The van der Waals surface area contributed by atoms with Crippen LogP contribution < -0.4 is 20.9 Å². The number of ether oxygens (including phenoxy) is 1. The molecule has 26 heavy (non-hydrogen) atoms. The monoisotopic (exact) mass is 345 g/mol. The molecule has 2 aromatic heterocycles. The van der Waals surface area contributed by atoms with E-state index >= 15 is 0 Å². The second-order valence-corrected chi connectivity index (χ2v) is 6.10. The number of methoxy groups -OCH3 is 1. The Balaban J connectivity index is 1.74. The van der Waals surface area contributed by atoms with E-state index in [1.165, 1.54) is 0 Å². The van der Waals surface area contributed by atoms with E-state index in [-0.39, 0.29) is 5.56 Å². The van der Waals surface area contributed by atoms with E-state index < -0.39 is 0 Å². The Hall–Kier alpha value is -3.47. The highest BCUT2D eigenvalue weighted by atomic mass is 16.5. The fraction of sp³-hybridized carbons (Fsp3) is 0.0952. The Morgan fingerprint density at radius 1 is 1.04 bits per heavy atom. The Morgan fingerprint density at radius 3 is 2.65 bits per heavy atom. The van der Waals surface area contributed by atoms with Gasteiger partial charge in [-0.25, -0.2) is 0 Å². The van der Waals surface area contributed by atoms with Crippen LogP contribution >= 0.6 is 0 Å². The molecule has 0 radical (unpaired) electrons. The van der Waals surface area contributed by atoms with E-state index in [1.807, 2.05) is 66.9 Å². The predicted molar refractivity (Wildman–Crippen MR) is 104 cm³/mol. The molecule has 0 unspecified atom stereocenters. The van der Waals surface area contributed by atoms with Gasteiger partial charge in [-0.3, -0.25) is 15.0 Å². The quantitative estimate of drug-likeness (QED) is 0.530. The average molecular weight is 345 g/mol. The third-order valence-electron chi connectivity index (χ3n) is 4.47. The molecule has 0 saturated carbocycles. The number of para-hydroxylation sites is 1. The number of fused-ring (bicyclic) bond motifs is 1. The summed E-state index contributed by atoms with van der Waals surface area (Å²) in [7, 11) is 1.65. The smallest absolute Gasteiger partial charge is 0.271 e. The van der Waals surface area contributed by atoms with Gasteiger partial charge in [-0.15, -0.1) is 0 Å². The van der Waals surface area contributed by atoms with Crippen molar-refractivity contribution in [1.82, 2.24) is 15.2 Å². The summed E-state index contributed by atoms with van der Waals surface area (Å²) in [4.78, 5) is 15.5. The topological polar surface area (TPSA) is 73.7 Å². The number of hydrogen-bond donors (Lipinski definition) is 3. The summed E-state index contributed by atoms with van der Waals surface area (Å²) in [6, 6.07) is 15.9. The molecule has 5 heteroatoms. The fourth-order valence-corrected chi connectivity index (χ4v) is 3.04. The predicted octanol–water partition coefficient (Wildman–Crippen LogP) is 2.04. The lowest BCUT2D eigenvalue weighted by molar-refractivity contribution is 0.414. The van der Waals surface area contributed by atoms with Crippen LogP contribution in [0.25, 0.3) is 23.1 Å². The van der Waals surface area contributed by atoms with E-state index in [4.69, 9.17) is 4.74 Å². The first-order chi connectivity index (χ1) is 12.7. The Morgan fingerprint density at radius 2 is 1.85 bits per heavy atom. The van der Waals surface area contributed by atoms with Crippen LogP contribution in [0.5, 0.6) is 5.75 Å². The lowest BCUT2D eigenvalue weighted by Crippen LogP contribution is -2.33. The van der Waals surface area contributed by atoms with Gasteiger partial charge < -0.3 is 9.72 Å². The molecule has 0 aliphatic heterocycles. The summed E-state index contributed by atoms with van der Waals surface area (Å²) >= 11 is 0. The van der Waals surface area contributed by atoms with Gasteiger partial charge in [-0.05, 0) is 36.3 Å². The molecule has 0 fully saturated rings. The van der Waals surface area contributed by atoms with Crippen molar-refractivity contribution in [3.63, 3.8) is 0 Å². The lowest BCUT2D eigenvalue weighted by atomic mass is 10.1. The third kappa shape index (κ3) is 3.07. The maximum absolute atomic E-state index is 12.2. The standard InChI is InChI=1S/C21H19N3O2/c1-26-16-9-6-14(7-10-16)8-11-20-18(21(25)24-23-20)12-15-13-22-19-5-3-2-4-17(15)19/h2-7,9-13,22-23H,8H2,1H3,(H,24,25). The van der Waals surface area contributed by atoms with Crippen LogP contribution in [0.3, 0.4) is 0 Å². The molecule has 0 atom stereocenters. The third-order valence-corrected chi connectivity index (χ3v) is 4.47. The minimum Gasteiger partial charge on any atom is -0.497 e. The minimum atomic E-state index is -0.128. The highest BCUT2D eigenvalue weighted by Gasteiger charge is 2.02. The van der Waals surface area contributed by atoms with Crippen LogP contribution in [-0.2, 0) is 6.42 Å². The number of H-pyrrole nitrogens is 3. The van der Waals surface area contributed by atoms with Crippen molar-refractivity contribution in [1.29, 1.82) is 0 Å². The van der Waals surface area contributed by atoms with E-state index in [0.29, 0.717) is 11.6 Å². The van der Waals surface area contributed by atoms with Crippen LogP contribution in [0.1, 0.15) is 11.1 Å². The zero-order chi connectivity index (χ0) is 17.9. The first-order valence-corrected chi connectivity index (χ1v) is 8.42. The number of nitrogens with one attached hydrogen (secondary N) is 3. The molecule has 3 N–H and O–H groups in total. The largest absolute Gasteiger partial charge is 0.497 e. The molecule has 130 valence electrons. The van der Waals surface area contributed by atoms with Crippen LogP contribution in [0.15, 0.2) is 59.5 Å². The summed E-state index contributed by atoms with van der Waals surface area (Å²) in [6.45, 7) is 0. The Bertz CT molecular complexity index is 1210. The normalized spacial score (nSPS) is 12.8. The van der Waals surface area contributed by atoms with Crippen molar-refractivity contribution >= 4 is 23.1 Å². The van der Waals surface area contributed by atoms with Crippen LogP contribution in [0.4, 0.5) is 0 Å². The van der Waals surface area contributed by atoms with Crippen molar-refractivity contribution < 1.29 is 4.74 Å². The number of aromatic amines is 3. The summed E-state index contributed by atoms with van der Waals surface area (Å²) < 4.78 is 5.18. The van der Waals surface area contributed by atoms with Gasteiger partial charge in [-0.2, -0.15) is 0 Å². The van der Waals surface area contributed by atoms with Crippen molar-refractivity contribution in [2.24, 2.45) is 0 Å². The number of hydrogen-bond acceptors (Lipinski definition) is 2. The molecular weight excluding hydrogens is 326 g/mol. The Labute approximate surface area is 149 Å². The van der Waals surface area contributed by atoms with Gasteiger partial charge in [0.1, 0.15) is 5.75 Å². The van der Waals surface area contributed by atoms with Gasteiger partial charge >= 0.3 is 0 Å². The maximum Gasteiger partial charge on any atom is 0.271 e. The molecule has 4 aromatic rings. The summed E-state index contributed by atoms with van der Waals surface area (Å²) in [5, 5.41) is 8.16. The van der Waals surface area contributed by atoms with Crippen LogP contribution in [-0.4, -0.2) is 22.3 Å². The fourth-order valence-electron chi connectivity index (χ4n) is 3.04. The van der Waals surface area contributed by atoms with Crippen LogP contribution in [0.2, 0.25) is 0 Å². The highest BCUT2D eigenvalue weighted by molar-refractivity contribution is 5.88. The molecule has 0 saturated heterocycles. The average Bonchev–Trinajstić information content (AvgIpc) is 3.25. The van der Waals surface area contributed by atoms with Gasteiger partial charge in [-0.1, -0.05) is 36.4 Å². The van der Waals surface area contributed by atoms with E-state index in [9.17, 15) is 4.79 Å². The van der Waals surface area contributed by atoms with Gasteiger partial charge in [0, 0.05) is 22.7 Å². The van der Waals surface area contributed by atoms with Gasteiger partial charge in [0.15, 0.2) is 0 Å². The minimum absolute atomic E-state index is 0.128. The zero-order valence-corrected chi connectivity index (χ0v) is 14.4. The van der Waals surface area contributed by atoms with Crippen molar-refractivity contribution in [3.8, 4) is 5.75 Å². The number of aromatic nitrogens is 3. The Kier molecular flexibility index (Phi) is 4.19. The van der Waals surface area contributed by atoms with E-state index in [0.717, 1.165) is 33.1 Å². The molecule has 0 bridgehead atoms. The highest BCUT2D eigenvalue weighted by Crippen LogP contribution is 2.17. The summed E-state index contributed by atoms with van der Waals surface area (Å²) in [5.74, 6) is 0.831. The lowest BCUT2D eigenvalue weighted by Gasteiger charge is -2.00. The number of benzene rings is 2. The van der Waals surface area contributed by atoms with E-state index in [2.05, 4.69) is 15.2 Å². The molecule has 0 aliphatic rings. The maximum atomic E-state index is 12.2. The van der Waals surface area contributed by atoms with Gasteiger partial charge in [0.25, 0.3) is 5.56 Å². The number of rotatable bonds is 4. The second kappa shape index (κ2) is 6.80. The molecular formula is C21H19N3O2. The molecule has 0 spiro atoms. The molecule has 5 nitrogen and oxygen atoms in total. The molecule has 0 amide bonds. The van der Waals surface area contributed by atoms with Crippen molar-refractivity contribution in [2.75, 3.05) is 7.11 Å². The summed E-state index contributed by atoms with van der Waals surface area (Å²) in [5.41, 5.74) is 3.06. The van der Waals surface area contributed by atoms with Gasteiger partial charge in [0.05, 0.1) is 17.7 Å².